The minimum absolute atomic E-state index is 0.232. The average Bonchev–Trinajstić information content (AvgIpc) is 3.23. The maximum atomic E-state index is 12.6. The summed E-state index contributed by atoms with van der Waals surface area (Å²) >= 11 is 6.17. The second-order valence-corrected chi connectivity index (χ2v) is 8.42. The van der Waals surface area contributed by atoms with E-state index in [2.05, 4.69) is 16.5 Å². The van der Waals surface area contributed by atoms with E-state index >= 15 is 0 Å². The number of methoxy groups -OCH3 is 1. The Hall–Kier alpha value is -3.77. The summed E-state index contributed by atoms with van der Waals surface area (Å²) in [5, 5.41) is 3.36. The lowest BCUT2D eigenvalue weighted by Crippen LogP contribution is -2.25. The van der Waals surface area contributed by atoms with Crippen LogP contribution < -0.4 is 14.8 Å². The second-order valence-electron chi connectivity index (χ2n) is 8.01. The molecule has 4 aromatic rings. The molecule has 35 heavy (non-hydrogen) atoms. The van der Waals surface area contributed by atoms with Gasteiger partial charge in [-0.3, -0.25) is 4.79 Å². The number of aryl methyl sites for hydroxylation is 1. The van der Waals surface area contributed by atoms with Crippen molar-refractivity contribution in [3.05, 3.63) is 101 Å². The van der Waals surface area contributed by atoms with Gasteiger partial charge in [0.15, 0.2) is 11.5 Å². The number of fused-ring (bicyclic) bond motifs is 1. The average molecular weight is 490 g/mol. The number of hydrogen-bond donors (Lipinski definition) is 1. The zero-order valence-corrected chi connectivity index (χ0v) is 20.4. The minimum atomic E-state index is -0.232. The molecule has 0 aliphatic heterocycles. The van der Waals surface area contributed by atoms with Gasteiger partial charge in [-0.05, 0) is 54.8 Å². The maximum Gasteiger partial charge on any atom is 0.253 e. The number of hydrogen-bond acceptors (Lipinski definition) is 4. The molecule has 0 bridgehead atoms. The van der Waals surface area contributed by atoms with Crippen molar-refractivity contribution in [2.24, 2.45) is 0 Å². The van der Waals surface area contributed by atoms with Crippen LogP contribution in [0.15, 0.2) is 79.4 Å². The van der Waals surface area contributed by atoms with Crippen molar-refractivity contribution in [3.63, 3.8) is 0 Å². The van der Waals surface area contributed by atoms with Crippen molar-refractivity contribution in [1.29, 1.82) is 0 Å². The van der Waals surface area contributed by atoms with Crippen molar-refractivity contribution in [2.45, 2.75) is 25.9 Å². The number of rotatable bonds is 11. The second kappa shape index (κ2) is 11.6. The van der Waals surface area contributed by atoms with Gasteiger partial charge >= 0.3 is 0 Å². The van der Waals surface area contributed by atoms with Gasteiger partial charge in [-0.15, -0.1) is 6.58 Å². The smallest absolute Gasteiger partial charge is 0.253 e. The van der Waals surface area contributed by atoms with E-state index in [0.717, 1.165) is 35.3 Å². The van der Waals surface area contributed by atoms with Gasteiger partial charge in [0.05, 0.1) is 41.9 Å². The van der Waals surface area contributed by atoms with Gasteiger partial charge in [-0.25, -0.2) is 4.98 Å². The monoisotopic (exact) mass is 489 g/mol. The molecule has 0 saturated heterocycles. The Morgan fingerprint density at radius 1 is 1.11 bits per heavy atom. The lowest BCUT2D eigenvalue weighted by Gasteiger charge is -2.13. The van der Waals surface area contributed by atoms with Crippen molar-refractivity contribution >= 4 is 28.5 Å². The number of carbonyl (C=O) groups excluding carboxylic acids is 1. The number of para-hydroxylation sites is 2. The van der Waals surface area contributed by atoms with Crippen LogP contribution in [0.25, 0.3) is 11.0 Å². The molecule has 3 aromatic carbocycles. The number of nitrogens with zero attached hydrogens (tertiary/aromatic N) is 2. The van der Waals surface area contributed by atoms with Crippen LogP contribution in [0.4, 0.5) is 0 Å². The third-order valence-electron chi connectivity index (χ3n) is 5.65. The molecule has 4 rings (SSSR count). The molecule has 0 atom stereocenters. The molecule has 1 aromatic heterocycles. The highest BCUT2D eigenvalue weighted by molar-refractivity contribution is 6.33. The Kier molecular flexibility index (Phi) is 8.06. The number of carbonyl (C=O) groups is 1. The van der Waals surface area contributed by atoms with Crippen LogP contribution in [0, 0.1) is 0 Å². The van der Waals surface area contributed by atoms with Crippen LogP contribution in [-0.2, 0) is 19.5 Å². The van der Waals surface area contributed by atoms with E-state index in [1.54, 1.807) is 31.4 Å². The van der Waals surface area contributed by atoms with E-state index in [9.17, 15) is 4.79 Å². The molecule has 6 nitrogen and oxygen atoms in total. The first-order valence-electron chi connectivity index (χ1n) is 11.5. The van der Waals surface area contributed by atoms with E-state index < -0.39 is 0 Å². The molecule has 0 spiro atoms. The fourth-order valence-corrected chi connectivity index (χ4v) is 4.16. The Balaban J connectivity index is 1.42. The highest BCUT2D eigenvalue weighted by Gasteiger charge is 2.14. The maximum absolute atomic E-state index is 12.6. The van der Waals surface area contributed by atoms with E-state index in [4.69, 9.17) is 26.1 Å². The topological polar surface area (TPSA) is 65.4 Å². The van der Waals surface area contributed by atoms with E-state index in [1.807, 2.05) is 48.5 Å². The zero-order valence-electron chi connectivity index (χ0n) is 19.7. The Morgan fingerprint density at radius 3 is 2.71 bits per heavy atom. The molecule has 180 valence electrons. The van der Waals surface area contributed by atoms with Crippen molar-refractivity contribution in [1.82, 2.24) is 14.9 Å². The predicted molar refractivity (Wildman–Crippen MR) is 139 cm³/mol. The fraction of sp³-hybridized carbons (Fsp3) is 0.214. The van der Waals surface area contributed by atoms with Gasteiger partial charge in [0, 0.05) is 6.54 Å². The minimum Gasteiger partial charge on any atom is -0.493 e. The van der Waals surface area contributed by atoms with Crippen molar-refractivity contribution in [2.75, 3.05) is 13.7 Å². The van der Waals surface area contributed by atoms with Crippen LogP contribution >= 0.6 is 11.6 Å². The summed E-state index contributed by atoms with van der Waals surface area (Å²) < 4.78 is 13.6. The van der Waals surface area contributed by atoms with Gasteiger partial charge < -0.3 is 19.4 Å². The van der Waals surface area contributed by atoms with Crippen LogP contribution in [-0.4, -0.2) is 29.2 Å². The molecule has 0 saturated carbocycles. The normalized spacial score (nSPS) is 10.8. The molecule has 0 radical (unpaired) electrons. The standard InChI is InChI=1S/C28H28ClN3O3/c1-3-9-20-14-15-25(26(18-20)34-2)35-17-8-16-32-24-13-7-6-12-23(24)31-27(32)19-30-28(33)21-10-4-5-11-22(21)29/h3-7,10-15,18H,1,8-9,16-17,19H2,2H3,(H,30,33). The summed E-state index contributed by atoms with van der Waals surface area (Å²) in [5.41, 5.74) is 3.46. The van der Waals surface area contributed by atoms with E-state index in [-0.39, 0.29) is 12.5 Å². The van der Waals surface area contributed by atoms with Gasteiger partial charge in [-0.1, -0.05) is 48.0 Å². The molecule has 0 unspecified atom stereocenters. The Labute approximate surface area is 210 Å². The number of allylic oxidation sites excluding steroid dienone is 1. The number of imidazole rings is 1. The summed E-state index contributed by atoms with van der Waals surface area (Å²) in [6, 6.07) is 20.9. The first-order chi connectivity index (χ1) is 17.1. The predicted octanol–water partition coefficient (Wildman–Crippen LogP) is 5.83. The van der Waals surface area contributed by atoms with Crippen LogP contribution in [0.5, 0.6) is 11.5 Å². The fourth-order valence-electron chi connectivity index (χ4n) is 3.94. The zero-order chi connectivity index (χ0) is 24.6. The van der Waals surface area contributed by atoms with Crippen molar-refractivity contribution in [3.8, 4) is 11.5 Å². The largest absolute Gasteiger partial charge is 0.493 e. The molecule has 0 fully saturated rings. The van der Waals surface area contributed by atoms with Gasteiger partial charge in [-0.2, -0.15) is 0 Å². The summed E-state index contributed by atoms with van der Waals surface area (Å²) in [5.74, 6) is 1.96. The van der Waals surface area contributed by atoms with Gasteiger partial charge in [0.1, 0.15) is 5.82 Å². The summed E-state index contributed by atoms with van der Waals surface area (Å²) in [6.45, 7) is 5.27. The van der Waals surface area contributed by atoms with Crippen LogP contribution in [0.1, 0.15) is 28.2 Å². The molecule has 1 heterocycles. The number of amides is 1. The Bertz CT molecular complexity index is 1330. The van der Waals surface area contributed by atoms with Gasteiger partial charge in [0.25, 0.3) is 5.91 Å². The third-order valence-corrected chi connectivity index (χ3v) is 5.98. The summed E-state index contributed by atoms with van der Waals surface area (Å²) in [4.78, 5) is 17.4. The molecular formula is C28H28ClN3O3. The van der Waals surface area contributed by atoms with E-state index in [1.165, 1.54) is 0 Å². The summed E-state index contributed by atoms with van der Waals surface area (Å²) in [6.07, 6.45) is 3.39. The van der Waals surface area contributed by atoms with E-state index in [0.29, 0.717) is 35.2 Å². The lowest BCUT2D eigenvalue weighted by molar-refractivity contribution is 0.0949. The summed E-state index contributed by atoms with van der Waals surface area (Å²) in [7, 11) is 1.64. The van der Waals surface area contributed by atoms with Gasteiger partial charge in [0.2, 0.25) is 0 Å². The highest BCUT2D eigenvalue weighted by Crippen LogP contribution is 2.28. The SMILES string of the molecule is C=CCc1ccc(OCCCn2c(CNC(=O)c3ccccc3Cl)nc3ccccc32)c(OC)c1. The number of ether oxygens (including phenoxy) is 2. The third kappa shape index (κ3) is 5.84. The first kappa shape index (κ1) is 24.4. The molecule has 0 aliphatic carbocycles. The number of halogens is 1. The molecule has 0 aliphatic rings. The molecule has 1 N–H and O–H groups in total. The van der Waals surface area contributed by atoms with Crippen LogP contribution in [0.3, 0.4) is 0 Å². The lowest BCUT2D eigenvalue weighted by atomic mass is 10.1. The van der Waals surface area contributed by atoms with Crippen molar-refractivity contribution < 1.29 is 14.3 Å². The molecular weight excluding hydrogens is 462 g/mol. The molecule has 7 heteroatoms. The number of aromatic nitrogens is 2. The van der Waals surface area contributed by atoms with Crippen LogP contribution in [0.2, 0.25) is 5.02 Å². The number of benzene rings is 3. The Morgan fingerprint density at radius 2 is 1.91 bits per heavy atom. The molecule has 1 amide bonds. The highest BCUT2D eigenvalue weighted by atomic mass is 35.5. The first-order valence-corrected chi connectivity index (χ1v) is 11.9. The quantitative estimate of drug-likeness (QED) is 0.213. The number of nitrogens with one attached hydrogen (secondary N) is 1.